The lowest BCUT2D eigenvalue weighted by molar-refractivity contribution is 0.0950. The van der Waals surface area contributed by atoms with Gasteiger partial charge in [-0.25, -0.2) is 4.98 Å². The molecule has 1 aromatic carbocycles. The third kappa shape index (κ3) is 3.31. The normalized spacial score (nSPS) is 17.7. The average molecular weight is 336 g/mol. The summed E-state index contributed by atoms with van der Waals surface area (Å²) in [6.07, 6.45) is 0.777. The molecular formula is C16H18ClN3OS. The van der Waals surface area contributed by atoms with E-state index in [-0.39, 0.29) is 11.8 Å². The molecule has 116 valence electrons. The van der Waals surface area contributed by atoms with Gasteiger partial charge in [0.05, 0.1) is 5.75 Å². The van der Waals surface area contributed by atoms with E-state index in [9.17, 15) is 4.79 Å². The predicted octanol–water partition coefficient (Wildman–Crippen LogP) is 3.39. The summed E-state index contributed by atoms with van der Waals surface area (Å²) in [7, 11) is 0. The van der Waals surface area contributed by atoms with Crippen LogP contribution < -0.4 is 5.32 Å². The maximum Gasteiger partial charge on any atom is 0.271 e. The molecule has 4 nitrogen and oxygen atoms in total. The second-order valence-electron chi connectivity index (χ2n) is 5.31. The first-order valence-electron chi connectivity index (χ1n) is 7.36. The summed E-state index contributed by atoms with van der Waals surface area (Å²) < 4.78 is 0. The smallest absolute Gasteiger partial charge is 0.271 e. The molecule has 1 atom stereocenters. The first kappa shape index (κ1) is 15.4. The van der Waals surface area contributed by atoms with E-state index in [1.165, 1.54) is 5.56 Å². The van der Waals surface area contributed by atoms with Crippen LogP contribution in [0.25, 0.3) is 0 Å². The van der Waals surface area contributed by atoms with Crippen LogP contribution in [0, 0.1) is 0 Å². The second kappa shape index (κ2) is 6.75. The van der Waals surface area contributed by atoms with E-state index in [1.54, 1.807) is 11.8 Å². The Kier molecular flexibility index (Phi) is 4.74. The molecule has 0 aliphatic carbocycles. The molecule has 2 N–H and O–H groups in total. The molecular weight excluding hydrogens is 318 g/mol. The van der Waals surface area contributed by atoms with Crippen LogP contribution >= 0.6 is 23.4 Å². The highest BCUT2D eigenvalue weighted by molar-refractivity contribution is 7.98. The molecule has 6 heteroatoms. The van der Waals surface area contributed by atoms with Gasteiger partial charge < -0.3 is 10.3 Å². The first-order valence-corrected chi connectivity index (χ1v) is 8.89. The number of imidazole rings is 1. The third-order valence-corrected chi connectivity index (χ3v) is 4.92. The van der Waals surface area contributed by atoms with Crippen molar-refractivity contribution in [1.82, 2.24) is 15.3 Å². The van der Waals surface area contributed by atoms with Gasteiger partial charge in [-0.2, -0.15) is 11.8 Å². The monoisotopic (exact) mass is 335 g/mol. The van der Waals surface area contributed by atoms with Crippen molar-refractivity contribution < 1.29 is 4.79 Å². The van der Waals surface area contributed by atoms with E-state index in [2.05, 4.69) is 22.2 Å². The number of nitrogens with one attached hydrogen (secondary N) is 2. The number of halogens is 1. The lowest BCUT2D eigenvalue weighted by Gasteiger charge is -2.14. The Labute approximate surface area is 139 Å². The van der Waals surface area contributed by atoms with Gasteiger partial charge in [0.1, 0.15) is 11.5 Å². The van der Waals surface area contributed by atoms with Crippen molar-refractivity contribution >= 4 is 29.3 Å². The summed E-state index contributed by atoms with van der Waals surface area (Å²) in [6.45, 7) is 2.73. The molecule has 0 saturated carbocycles. The molecule has 2 aromatic rings. The largest absolute Gasteiger partial charge is 0.350 e. The summed E-state index contributed by atoms with van der Waals surface area (Å²) in [6, 6.07) is 7.82. The molecule has 0 unspecified atom stereocenters. The Bertz CT molecular complexity index is 669. The number of amides is 1. The highest BCUT2D eigenvalue weighted by Crippen LogP contribution is 2.26. The number of aromatic nitrogens is 2. The van der Waals surface area contributed by atoms with Crippen molar-refractivity contribution in [1.29, 1.82) is 0 Å². The van der Waals surface area contributed by atoms with Gasteiger partial charge in [-0.05, 0) is 29.9 Å². The number of hydrogen-bond acceptors (Lipinski definition) is 3. The zero-order valence-electron chi connectivity index (χ0n) is 12.4. The maximum atomic E-state index is 12.2. The van der Waals surface area contributed by atoms with Gasteiger partial charge in [-0.3, -0.25) is 4.79 Å². The summed E-state index contributed by atoms with van der Waals surface area (Å²) in [5.74, 6) is 2.86. The van der Waals surface area contributed by atoms with Crippen LogP contribution in [0.15, 0.2) is 24.3 Å². The van der Waals surface area contributed by atoms with Gasteiger partial charge in [0.25, 0.3) is 5.91 Å². The zero-order chi connectivity index (χ0) is 15.5. The Hall–Kier alpha value is -1.46. The van der Waals surface area contributed by atoms with Crippen molar-refractivity contribution in [3.8, 4) is 0 Å². The Morgan fingerprint density at radius 3 is 2.86 bits per heavy atom. The number of thioether (sulfide) groups is 1. The summed E-state index contributed by atoms with van der Waals surface area (Å²) in [4.78, 5) is 20.0. The van der Waals surface area contributed by atoms with Crippen LogP contribution in [0.4, 0.5) is 0 Å². The van der Waals surface area contributed by atoms with Crippen LogP contribution in [0.2, 0.25) is 5.02 Å². The van der Waals surface area contributed by atoms with E-state index in [0.717, 1.165) is 34.5 Å². The van der Waals surface area contributed by atoms with Crippen LogP contribution in [-0.4, -0.2) is 28.2 Å². The van der Waals surface area contributed by atoms with Crippen LogP contribution in [0.5, 0.6) is 0 Å². The van der Waals surface area contributed by atoms with Crippen molar-refractivity contribution in [2.24, 2.45) is 0 Å². The highest BCUT2D eigenvalue weighted by atomic mass is 35.5. The van der Waals surface area contributed by atoms with Crippen molar-refractivity contribution in [2.45, 2.75) is 25.0 Å². The second-order valence-corrected chi connectivity index (χ2v) is 7.02. The van der Waals surface area contributed by atoms with E-state index in [4.69, 9.17) is 11.6 Å². The zero-order valence-corrected chi connectivity index (χ0v) is 13.9. The van der Waals surface area contributed by atoms with Crippen LogP contribution in [0.3, 0.4) is 0 Å². The molecule has 1 aromatic heterocycles. The highest BCUT2D eigenvalue weighted by Gasteiger charge is 2.26. The van der Waals surface area contributed by atoms with Crippen LogP contribution in [-0.2, 0) is 12.2 Å². The molecule has 1 aliphatic heterocycles. The van der Waals surface area contributed by atoms with Crippen molar-refractivity contribution in [3.05, 3.63) is 52.1 Å². The molecule has 0 fully saturated rings. The topological polar surface area (TPSA) is 57.8 Å². The van der Waals surface area contributed by atoms with E-state index in [1.807, 2.05) is 24.3 Å². The molecule has 3 rings (SSSR count). The summed E-state index contributed by atoms with van der Waals surface area (Å²) in [5.41, 5.74) is 2.65. The van der Waals surface area contributed by atoms with E-state index >= 15 is 0 Å². The minimum Gasteiger partial charge on any atom is -0.350 e. The number of benzene rings is 1. The Balaban J connectivity index is 1.85. The standard InChI is InChI=1S/C16H18ClN3OS/c1-2-22-9-14-19-13-7-11(8-18-16(21)15(13)20-14)10-3-5-12(17)6-4-10/h3-6,11H,2,7-9H2,1H3,(H,18,21)(H,19,20)/t11-/m0/s1. The van der Waals surface area contributed by atoms with Gasteiger partial charge in [0.15, 0.2) is 0 Å². The molecule has 0 saturated heterocycles. The Morgan fingerprint density at radius 1 is 1.36 bits per heavy atom. The first-order chi connectivity index (χ1) is 10.7. The fourth-order valence-corrected chi connectivity index (χ4v) is 3.32. The maximum absolute atomic E-state index is 12.2. The molecule has 1 amide bonds. The van der Waals surface area contributed by atoms with E-state index < -0.39 is 0 Å². The third-order valence-electron chi connectivity index (χ3n) is 3.79. The number of H-pyrrole nitrogens is 1. The van der Waals surface area contributed by atoms with Gasteiger partial charge in [0, 0.05) is 23.2 Å². The predicted molar refractivity (Wildman–Crippen MR) is 90.7 cm³/mol. The lowest BCUT2D eigenvalue weighted by atomic mass is 9.94. The van der Waals surface area contributed by atoms with Crippen LogP contribution in [0.1, 0.15) is 40.4 Å². The number of nitrogens with zero attached hydrogens (tertiary/aromatic N) is 1. The SMILES string of the molecule is CCSCc1nc2c([nH]1)C[C@H](c1ccc(Cl)cc1)CNC2=O. The fourth-order valence-electron chi connectivity index (χ4n) is 2.66. The molecule has 0 spiro atoms. The average Bonchev–Trinajstić information content (AvgIpc) is 2.86. The minimum absolute atomic E-state index is 0.0875. The number of hydrogen-bond donors (Lipinski definition) is 2. The number of carbonyl (C=O) groups excluding carboxylic acids is 1. The van der Waals surface area contributed by atoms with E-state index in [0.29, 0.717) is 12.2 Å². The molecule has 1 aliphatic rings. The van der Waals surface area contributed by atoms with Gasteiger partial charge in [0.2, 0.25) is 0 Å². The molecule has 2 heterocycles. The summed E-state index contributed by atoms with van der Waals surface area (Å²) >= 11 is 7.74. The van der Waals surface area contributed by atoms with Crippen molar-refractivity contribution in [3.63, 3.8) is 0 Å². The summed E-state index contributed by atoms with van der Waals surface area (Å²) in [5, 5.41) is 3.70. The van der Waals surface area contributed by atoms with Gasteiger partial charge >= 0.3 is 0 Å². The molecule has 0 radical (unpaired) electrons. The number of carbonyl (C=O) groups is 1. The molecule has 0 bridgehead atoms. The quantitative estimate of drug-likeness (QED) is 0.900. The number of aromatic amines is 1. The number of fused-ring (bicyclic) bond motifs is 1. The molecule has 22 heavy (non-hydrogen) atoms. The minimum atomic E-state index is -0.0875. The Morgan fingerprint density at radius 2 is 2.14 bits per heavy atom. The van der Waals surface area contributed by atoms with Gasteiger partial charge in [-0.15, -0.1) is 0 Å². The number of rotatable bonds is 4. The van der Waals surface area contributed by atoms with Crippen molar-refractivity contribution in [2.75, 3.05) is 12.3 Å². The lowest BCUT2D eigenvalue weighted by Crippen LogP contribution is -2.26. The fraction of sp³-hybridized carbons (Fsp3) is 0.375. The van der Waals surface area contributed by atoms with Gasteiger partial charge in [-0.1, -0.05) is 30.7 Å².